The summed E-state index contributed by atoms with van der Waals surface area (Å²) in [4.78, 5) is 0. The molecule has 0 amide bonds. The number of hydrogen-bond donors (Lipinski definition) is 2. The molecule has 0 aromatic heterocycles. The number of aliphatic hydroxyl groups is 2. The highest BCUT2D eigenvalue weighted by molar-refractivity contribution is 4.55. The zero-order chi connectivity index (χ0) is 10.6. The molecule has 0 aromatic carbocycles. The Hall–Kier alpha value is -0.160. The van der Waals surface area contributed by atoms with Crippen molar-refractivity contribution in [3.8, 4) is 0 Å². The largest absolute Gasteiger partial charge is 0.394 e. The van der Waals surface area contributed by atoms with E-state index in [4.69, 9.17) is 19.7 Å². The number of unbranched alkanes of at least 4 members (excludes halogenated alkanes) is 1. The maximum atomic E-state index is 8.95. The van der Waals surface area contributed by atoms with Gasteiger partial charge in [-0.25, -0.2) is 0 Å². The summed E-state index contributed by atoms with van der Waals surface area (Å²) in [6, 6.07) is 0. The molecule has 0 fully saturated rings. The quantitative estimate of drug-likeness (QED) is 0.513. The third-order valence-electron chi connectivity index (χ3n) is 1.90. The topological polar surface area (TPSA) is 58.9 Å². The van der Waals surface area contributed by atoms with Crippen molar-refractivity contribution in [2.75, 3.05) is 33.0 Å². The fourth-order valence-corrected chi connectivity index (χ4v) is 1.10. The van der Waals surface area contributed by atoms with Crippen LogP contribution in [0.25, 0.3) is 0 Å². The predicted octanol–water partition coefficient (Wildman–Crippen LogP) is 0.563. The van der Waals surface area contributed by atoms with Crippen molar-refractivity contribution in [3.63, 3.8) is 0 Å². The minimum atomic E-state index is -0.0623. The molecule has 4 heteroatoms. The van der Waals surface area contributed by atoms with Gasteiger partial charge in [-0.05, 0) is 6.42 Å². The fraction of sp³-hybridized carbons (Fsp3) is 1.00. The number of aliphatic hydroxyl groups excluding tert-OH is 2. The monoisotopic (exact) mass is 206 g/mol. The summed E-state index contributed by atoms with van der Waals surface area (Å²) >= 11 is 0. The average Bonchev–Trinajstić information content (AvgIpc) is 2.22. The smallest absolute Gasteiger partial charge is 0.0806 e. The van der Waals surface area contributed by atoms with Gasteiger partial charge in [-0.2, -0.15) is 0 Å². The summed E-state index contributed by atoms with van der Waals surface area (Å²) in [7, 11) is 0. The lowest BCUT2D eigenvalue weighted by Crippen LogP contribution is -2.20. The molecule has 1 atom stereocenters. The van der Waals surface area contributed by atoms with Crippen molar-refractivity contribution >= 4 is 0 Å². The highest BCUT2D eigenvalue weighted by atomic mass is 16.5. The lowest BCUT2D eigenvalue weighted by atomic mass is 10.2. The first-order chi connectivity index (χ1) is 6.85. The molecular weight excluding hydrogens is 184 g/mol. The minimum Gasteiger partial charge on any atom is -0.394 e. The van der Waals surface area contributed by atoms with Gasteiger partial charge in [0.25, 0.3) is 0 Å². The van der Waals surface area contributed by atoms with Crippen LogP contribution in [-0.4, -0.2) is 49.4 Å². The Morgan fingerprint density at radius 2 is 1.93 bits per heavy atom. The summed E-state index contributed by atoms with van der Waals surface area (Å²) in [5.74, 6) is 0. The molecule has 0 saturated carbocycles. The first kappa shape index (κ1) is 13.8. The number of hydrogen-bond acceptors (Lipinski definition) is 4. The Morgan fingerprint density at radius 3 is 2.50 bits per heavy atom. The van der Waals surface area contributed by atoms with Gasteiger partial charge in [-0.15, -0.1) is 0 Å². The summed E-state index contributed by atoms with van der Waals surface area (Å²) in [5, 5.41) is 17.4. The van der Waals surface area contributed by atoms with E-state index >= 15 is 0 Å². The van der Waals surface area contributed by atoms with E-state index in [0.29, 0.717) is 19.8 Å². The molecule has 0 aromatic rings. The van der Waals surface area contributed by atoms with E-state index in [9.17, 15) is 0 Å². The van der Waals surface area contributed by atoms with Crippen LogP contribution in [0.2, 0.25) is 0 Å². The predicted molar refractivity (Wildman–Crippen MR) is 54.3 cm³/mol. The van der Waals surface area contributed by atoms with Crippen LogP contribution in [0, 0.1) is 0 Å². The second-order valence-corrected chi connectivity index (χ2v) is 3.15. The van der Waals surface area contributed by atoms with Gasteiger partial charge in [0.1, 0.15) is 0 Å². The highest BCUT2D eigenvalue weighted by Gasteiger charge is 2.05. The summed E-state index contributed by atoms with van der Waals surface area (Å²) in [5.41, 5.74) is 0. The SMILES string of the molecule is CCCCC(CO)OCCOCCO. The standard InChI is InChI=1S/C10H22O4/c1-2-3-4-10(9-12)14-8-7-13-6-5-11/h10-12H,2-9H2,1H3. The molecule has 0 radical (unpaired) electrons. The normalized spacial score (nSPS) is 13.1. The lowest BCUT2D eigenvalue weighted by Gasteiger charge is -2.14. The fourth-order valence-electron chi connectivity index (χ4n) is 1.10. The second kappa shape index (κ2) is 10.9. The van der Waals surface area contributed by atoms with Crippen LogP contribution in [0.15, 0.2) is 0 Å². The molecule has 86 valence electrons. The van der Waals surface area contributed by atoms with Gasteiger partial charge in [-0.1, -0.05) is 19.8 Å². The maximum absolute atomic E-state index is 8.95. The molecule has 0 spiro atoms. The Morgan fingerprint density at radius 1 is 1.14 bits per heavy atom. The molecular formula is C10H22O4. The molecule has 0 saturated heterocycles. The van der Waals surface area contributed by atoms with E-state index in [0.717, 1.165) is 19.3 Å². The van der Waals surface area contributed by atoms with Gasteiger partial charge in [-0.3, -0.25) is 0 Å². The van der Waals surface area contributed by atoms with Crippen LogP contribution in [0.4, 0.5) is 0 Å². The third kappa shape index (κ3) is 8.44. The van der Waals surface area contributed by atoms with Gasteiger partial charge in [0.05, 0.1) is 39.1 Å². The molecule has 0 bridgehead atoms. The van der Waals surface area contributed by atoms with Crippen LogP contribution in [0.5, 0.6) is 0 Å². The zero-order valence-corrected chi connectivity index (χ0v) is 8.95. The van der Waals surface area contributed by atoms with Crippen LogP contribution in [0.1, 0.15) is 26.2 Å². The lowest BCUT2D eigenvalue weighted by molar-refractivity contribution is -0.0272. The Bertz CT molecular complexity index is 108. The van der Waals surface area contributed by atoms with E-state index < -0.39 is 0 Å². The molecule has 0 rings (SSSR count). The molecule has 0 aliphatic heterocycles. The van der Waals surface area contributed by atoms with Crippen molar-refractivity contribution in [2.45, 2.75) is 32.3 Å². The Balaban J connectivity index is 3.24. The Kier molecular flexibility index (Phi) is 10.8. The van der Waals surface area contributed by atoms with E-state index in [1.165, 1.54) is 0 Å². The average molecular weight is 206 g/mol. The van der Waals surface area contributed by atoms with Gasteiger partial charge in [0.2, 0.25) is 0 Å². The van der Waals surface area contributed by atoms with Gasteiger partial charge < -0.3 is 19.7 Å². The van der Waals surface area contributed by atoms with E-state index in [1.807, 2.05) is 0 Å². The van der Waals surface area contributed by atoms with Gasteiger partial charge >= 0.3 is 0 Å². The van der Waals surface area contributed by atoms with Crippen molar-refractivity contribution in [1.29, 1.82) is 0 Å². The van der Waals surface area contributed by atoms with E-state index in [1.54, 1.807) is 0 Å². The maximum Gasteiger partial charge on any atom is 0.0806 e. The first-order valence-electron chi connectivity index (χ1n) is 5.26. The zero-order valence-electron chi connectivity index (χ0n) is 8.95. The second-order valence-electron chi connectivity index (χ2n) is 3.15. The van der Waals surface area contributed by atoms with Crippen LogP contribution >= 0.6 is 0 Å². The van der Waals surface area contributed by atoms with Crippen molar-refractivity contribution < 1.29 is 19.7 Å². The van der Waals surface area contributed by atoms with Gasteiger partial charge in [0.15, 0.2) is 0 Å². The van der Waals surface area contributed by atoms with Crippen LogP contribution in [-0.2, 0) is 9.47 Å². The summed E-state index contributed by atoms with van der Waals surface area (Å²) in [6.45, 7) is 3.53. The van der Waals surface area contributed by atoms with Crippen molar-refractivity contribution in [3.05, 3.63) is 0 Å². The third-order valence-corrected chi connectivity index (χ3v) is 1.90. The molecule has 0 aliphatic carbocycles. The van der Waals surface area contributed by atoms with Crippen LogP contribution < -0.4 is 0 Å². The number of ether oxygens (including phenoxy) is 2. The molecule has 14 heavy (non-hydrogen) atoms. The molecule has 2 N–H and O–H groups in total. The highest BCUT2D eigenvalue weighted by Crippen LogP contribution is 2.03. The summed E-state index contributed by atoms with van der Waals surface area (Å²) < 4.78 is 10.4. The van der Waals surface area contributed by atoms with Crippen molar-refractivity contribution in [2.24, 2.45) is 0 Å². The summed E-state index contributed by atoms with van der Waals surface area (Å²) in [6.07, 6.45) is 3.02. The van der Waals surface area contributed by atoms with Crippen LogP contribution in [0.3, 0.4) is 0 Å². The first-order valence-corrected chi connectivity index (χ1v) is 5.26. The van der Waals surface area contributed by atoms with Crippen molar-refractivity contribution in [1.82, 2.24) is 0 Å². The van der Waals surface area contributed by atoms with Gasteiger partial charge in [0, 0.05) is 0 Å². The molecule has 1 unspecified atom stereocenters. The van der Waals surface area contributed by atoms with E-state index in [2.05, 4.69) is 6.92 Å². The number of rotatable bonds is 10. The Labute approximate surface area is 85.8 Å². The molecule has 0 aliphatic rings. The molecule has 4 nitrogen and oxygen atoms in total. The molecule has 0 heterocycles. The minimum absolute atomic E-state index is 0.0409. The van der Waals surface area contributed by atoms with E-state index in [-0.39, 0.29) is 19.3 Å².